The zero-order valence-electron chi connectivity index (χ0n) is 15.3. The van der Waals surface area contributed by atoms with Gasteiger partial charge in [-0.05, 0) is 54.6 Å². The second-order valence-corrected chi connectivity index (χ2v) is 7.09. The van der Waals surface area contributed by atoms with Crippen molar-refractivity contribution in [3.05, 3.63) is 59.7 Å². The first-order valence-corrected chi connectivity index (χ1v) is 9.45. The summed E-state index contributed by atoms with van der Waals surface area (Å²) in [5.41, 5.74) is 3.71. The number of benzene rings is 2. The van der Waals surface area contributed by atoms with Crippen LogP contribution in [0.1, 0.15) is 36.8 Å². The molecule has 136 valence electrons. The molecule has 2 aromatic rings. The lowest BCUT2D eigenvalue weighted by Crippen LogP contribution is -2.41. The van der Waals surface area contributed by atoms with Gasteiger partial charge >= 0.3 is 0 Å². The maximum Gasteiger partial charge on any atom is 0.151 e. The molecule has 1 fully saturated rings. The first-order valence-electron chi connectivity index (χ1n) is 9.45. The third-order valence-corrected chi connectivity index (χ3v) is 5.09. The molecule has 0 bridgehead atoms. The van der Waals surface area contributed by atoms with Crippen molar-refractivity contribution in [1.82, 2.24) is 5.32 Å². The van der Waals surface area contributed by atoms with Gasteiger partial charge in [0.25, 0.3) is 0 Å². The molecule has 27 heavy (non-hydrogen) atoms. The van der Waals surface area contributed by atoms with Crippen molar-refractivity contribution < 1.29 is 4.79 Å². The molecule has 1 heterocycles. The highest BCUT2D eigenvalue weighted by molar-refractivity contribution is 5.84. The summed E-state index contributed by atoms with van der Waals surface area (Å²) in [5.74, 6) is -0.139. The van der Waals surface area contributed by atoms with E-state index in [1.165, 1.54) is 0 Å². The molecule has 0 amide bonds. The molecule has 2 atom stereocenters. The van der Waals surface area contributed by atoms with Crippen LogP contribution in [-0.2, 0) is 11.2 Å². The number of carbonyl (C=O) groups excluding carboxylic acids is 1. The highest BCUT2D eigenvalue weighted by Crippen LogP contribution is 2.23. The molecule has 0 aliphatic carbocycles. The fourth-order valence-electron chi connectivity index (χ4n) is 3.56. The number of rotatable bonds is 6. The Morgan fingerprint density at radius 2 is 1.93 bits per heavy atom. The van der Waals surface area contributed by atoms with Crippen LogP contribution in [-0.4, -0.2) is 18.4 Å². The first kappa shape index (κ1) is 18.8. The van der Waals surface area contributed by atoms with E-state index < -0.39 is 0 Å². The largest absolute Gasteiger partial charge is 0.307 e. The van der Waals surface area contributed by atoms with Gasteiger partial charge in [0.05, 0.1) is 29.7 Å². The minimum absolute atomic E-state index is 0.0793. The summed E-state index contributed by atoms with van der Waals surface area (Å²) in [6, 6.07) is 19.9. The quantitative estimate of drug-likeness (QED) is 0.847. The van der Waals surface area contributed by atoms with E-state index in [0.717, 1.165) is 42.5 Å². The Hall–Kier alpha value is -2.95. The van der Waals surface area contributed by atoms with Gasteiger partial charge in [-0.1, -0.05) is 42.8 Å². The van der Waals surface area contributed by atoms with Crippen LogP contribution in [0.15, 0.2) is 48.5 Å². The molecule has 0 spiro atoms. The Kier molecular flexibility index (Phi) is 6.36. The molecule has 0 unspecified atom stereocenters. The van der Waals surface area contributed by atoms with Crippen LogP contribution in [0.5, 0.6) is 0 Å². The highest BCUT2D eigenvalue weighted by atomic mass is 16.1. The van der Waals surface area contributed by atoms with Gasteiger partial charge in [0.1, 0.15) is 0 Å². The predicted molar refractivity (Wildman–Crippen MR) is 105 cm³/mol. The van der Waals surface area contributed by atoms with Crippen LogP contribution in [0.4, 0.5) is 0 Å². The van der Waals surface area contributed by atoms with Crippen molar-refractivity contribution in [1.29, 1.82) is 10.5 Å². The summed E-state index contributed by atoms with van der Waals surface area (Å²) in [6.45, 7) is 0.891. The zero-order valence-corrected chi connectivity index (χ0v) is 15.3. The lowest BCUT2D eigenvalue weighted by Gasteiger charge is -2.23. The molecule has 1 aliphatic rings. The van der Waals surface area contributed by atoms with Crippen molar-refractivity contribution in [2.24, 2.45) is 5.92 Å². The smallest absolute Gasteiger partial charge is 0.151 e. The molecule has 0 saturated carbocycles. The number of ketones is 1. The number of Topliss-reactive ketones (excluding diaryl/α,β-unsaturated/α-hetero) is 1. The molecule has 1 aliphatic heterocycles. The van der Waals surface area contributed by atoms with E-state index in [1.807, 2.05) is 42.5 Å². The number of hydrogen-bond donors (Lipinski definition) is 1. The molecule has 4 heteroatoms. The third-order valence-electron chi connectivity index (χ3n) is 5.09. The summed E-state index contributed by atoms with van der Waals surface area (Å²) >= 11 is 0. The van der Waals surface area contributed by atoms with E-state index in [2.05, 4.69) is 17.5 Å². The number of nitrogens with zero attached hydrogens (tertiary/aromatic N) is 2. The van der Waals surface area contributed by atoms with Gasteiger partial charge in [0.2, 0.25) is 0 Å². The van der Waals surface area contributed by atoms with Gasteiger partial charge in [-0.2, -0.15) is 10.5 Å². The maximum atomic E-state index is 12.4. The minimum atomic E-state index is -0.297. The van der Waals surface area contributed by atoms with E-state index in [-0.39, 0.29) is 17.7 Å². The average molecular weight is 357 g/mol. The van der Waals surface area contributed by atoms with Crippen molar-refractivity contribution in [2.45, 2.75) is 38.1 Å². The predicted octanol–water partition coefficient (Wildman–Crippen LogP) is 4.01. The minimum Gasteiger partial charge on any atom is -0.307 e. The highest BCUT2D eigenvalue weighted by Gasteiger charge is 2.23. The molecule has 1 saturated heterocycles. The number of hydrogen-bond acceptors (Lipinski definition) is 4. The van der Waals surface area contributed by atoms with Crippen molar-refractivity contribution >= 4 is 5.78 Å². The third kappa shape index (κ3) is 5.03. The molecule has 3 rings (SSSR count). The van der Waals surface area contributed by atoms with E-state index in [0.29, 0.717) is 18.4 Å². The lowest BCUT2D eigenvalue weighted by molar-refractivity contribution is -0.122. The van der Waals surface area contributed by atoms with E-state index in [4.69, 9.17) is 5.26 Å². The number of piperidine rings is 1. The number of carbonyl (C=O) groups is 1. The van der Waals surface area contributed by atoms with E-state index in [9.17, 15) is 10.1 Å². The SMILES string of the molecule is N#Cc1cccc(-c2ccc(C[C@@H](C#N)CC(=O)[C@@H]3CCCCN3)cc2)c1. The molecular formula is C23H23N3O. The van der Waals surface area contributed by atoms with Crippen LogP contribution in [0.25, 0.3) is 11.1 Å². The van der Waals surface area contributed by atoms with Crippen LogP contribution in [0.3, 0.4) is 0 Å². The molecule has 4 nitrogen and oxygen atoms in total. The summed E-state index contributed by atoms with van der Waals surface area (Å²) in [6.07, 6.45) is 3.96. The summed E-state index contributed by atoms with van der Waals surface area (Å²) < 4.78 is 0. The molecular weight excluding hydrogens is 334 g/mol. The zero-order chi connectivity index (χ0) is 19.1. The van der Waals surface area contributed by atoms with Gasteiger partial charge < -0.3 is 5.32 Å². The van der Waals surface area contributed by atoms with Crippen LogP contribution >= 0.6 is 0 Å². The van der Waals surface area contributed by atoms with Crippen LogP contribution in [0, 0.1) is 28.6 Å². The summed E-state index contributed by atoms with van der Waals surface area (Å²) in [7, 11) is 0. The van der Waals surface area contributed by atoms with Gasteiger partial charge in [-0.25, -0.2) is 0 Å². The standard InChI is InChI=1S/C23H23N3O/c24-15-18-4-3-5-21(13-18)20-9-7-17(8-10-20)12-19(16-25)14-23(27)22-6-1-2-11-26-22/h3-5,7-10,13,19,22,26H,1-2,6,11-12,14H2/t19-,22+/m1/s1. The Morgan fingerprint density at radius 3 is 2.59 bits per heavy atom. The Balaban J connectivity index is 1.63. The molecule has 2 aromatic carbocycles. The second kappa shape index (κ2) is 9.12. The van der Waals surface area contributed by atoms with Gasteiger partial charge in [-0.15, -0.1) is 0 Å². The van der Waals surface area contributed by atoms with Crippen molar-refractivity contribution in [3.63, 3.8) is 0 Å². The van der Waals surface area contributed by atoms with Crippen molar-refractivity contribution in [3.8, 4) is 23.3 Å². The molecule has 0 aromatic heterocycles. The van der Waals surface area contributed by atoms with Crippen molar-refractivity contribution in [2.75, 3.05) is 6.54 Å². The van der Waals surface area contributed by atoms with E-state index >= 15 is 0 Å². The number of nitrogens with one attached hydrogen (secondary N) is 1. The average Bonchev–Trinajstić information content (AvgIpc) is 2.74. The number of nitriles is 2. The van der Waals surface area contributed by atoms with E-state index in [1.54, 1.807) is 6.07 Å². The van der Waals surface area contributed by atoms with Crippen LogP contribution in [0.2, 0.25) is 0 Å². The Morgan fingerprint density at radius 1 is 1.11 bits per heavy atom. The second-order valence-electron chi connectivity index (χ2n) is 7.09. The van der Waals surface area contributed by atoms with Crippen LogP contribution < -0.4 is 5.32 Å². The fourth-order valence-corrected chi connectivity index (χ4v) is 3.56. The molecule has 0 radical (unpaired) electrons. The van der Waals surface area contributed by atoms with Gasteiger partial charge in [0, 0.05) is 6.42 Å². The Bertz CT molecular complexity index is 868. The normalized spacial score (nSPS) is 17.5. The lowest BCUT2D eigenvalue weighted by atomic mass is 9.90. The topological polar surface area (TPSA) is 76.7 Å². The maximum absolute atomic E-state index is 12.4. The molecule has 1 N–H and O–H groups in total. The Labute approximate surface area is 160 Å². The van der Waals surface area contributed by atoms with Gasteiger partial charge in [-0.3, -0.25) is 4.79 Å². The monoisotopic (exact) mass is 357 g/mol. The van der Waals surface area contributed by atoms with Gasteiger partial charge in [0.15, 0.2) is 5.78 Å². The summed E-state index contributed by atoms with van der Waals surface area (Å²) in [5, 5.41) is 21.8. The summed E-state index contributed by atoms with van der Waals surface area (Å²) in [4.78, 5) is 12.4. The first-order chi connectivity index (χ1) is 13.2. The fraction of sp³-hybridized carbons (Fsp3) is 0.348.